The average Bonchev–Trinajstić information content (AvgIpc) is 2.84. The first-order chi connectivity index (χ1) is 15.9. The van der Waals surface area contributed by atoms with Crippen molar-refractivity contribution in [3.8, 4) is 16.9 Å². The van der Waals surface area contributed by atoms with E-state index in [9.17, 15) is 13.2 Å². The summed E-state index contributed by atoms with van der Waals surface area (Å²) in [7, 11) is 1.21. The topological polar surface area (TPSA) is 18.5 Å². The second-order valence-corrected chi connectivity index (χ2v) is 9.10. The molecule has 2 nitrogen and oxygen atoms in total. The highest BCUT2D eigenvalue weighted by molar-refractivity contribution is 5.66. The molecule has 1 aliphatic heterocycles. The second kappa shape index (κ2) is 10.2. The molecule has 1 fully saturated rings. The van der Waals surface area contributed by atoms with Crippen molar-refractivity contribution in [2.75, 3.05) is 7.11 Å². The predicted molar refractivity (Wildman–Crippen MR) is 120 cm³/mol. The Balaban J connectivity index is 1.47. The monoisotopic (exact) mass is 462 g/mol. The third-order valence-electron chi connectivity index (χ3n) is 7.14. The number of halogens is 4. The average molecular weight is 463 g/mol. The summed E-state index contributed by atoms with van der Waals surface area (Å²) in [6.45, 7) is 2.16. The van der Waals surface area contributed by atoms with Crippen LogP contribution in [0, 0.1) is 29.2 Å². The third-order valence-corrected chi connectivity index (χ3v) is 7.14. The molecule has 1 atom stereocenters. The molecule has 4 rings (SSSR count). The highest BCUT2D eigenvalue weighted by atomic mass is 19.2. The van der Waals surface area contributed by atoms with Crippen LogP contribution in [0.4, 0.5) is 17.6 Å². The van der Waals surface area contributed by atoms with Crippen molar-refractivity contribution in [1.29, 1.82) is 0 Å². The zero-order valence-electron chi connectivity index (χ0n) is 19.1. The number of benzene rings is 2. The number of ether oxygens (including phenoxy) is 2. The molecule has 1 unspecified atom stereocenters. The Morgan fingerprint density at radius 3 is 2.06 bits per heavy atom. The lowest BCUT2D eigenvalue weighted by Gasteiger charge is -2.33. The number of methoxy groups -OCH3 is 1. The summed E-state index contributed by atoms with van der Waals surface area (Å²) in [5.74, 6) is -4.57. The molecule has 2 aromatic carbocycles. The number of rotatable bonds is 6. The van der Waals surface area contributed by atoms with E-state index in [2.05, 4.69) is 6.92 Å². The normalized spacial score (nSPS) is 23.1. The van der Waals surface area contributed by atoms with E-state index >= 15 is 4.39 Å². The molecule has 0 aromatic heterocycles. The van der Waals surface area contributed by atoms with Crippen molar-refractivity contribution in [3.05, 3.63) is 64.9 Å². The molecule has 0 N–H and O–H groups in total. The molecule has 0 bridgehead atoms. The molecule has 1 aliphatic carbocycles. The minimum absolute atomic E-state index is 0.0970. The van der Waals surface area contributed by atoms with E-state index in [0.29, 0.717) is 17.6 Å². The molecular formula is C27H30F4O2. The van der Waals surface area contributed by atoms with E-state index in [1.807, 2.05) is 6.26 Å². The quantitative estimate of drug-likeness (QED) is 0.404. The van der Waals surface area contributed by atoms with Gasteiger partial charge in [0.05, 0.1) is 19.5 Å². The Morgan fingerprint density at radius 2 is 1.45 bits per heavy atom. The maximum atomic E-state index is 15.0. The van der Waals surface area contributed by atoms with Gasteiger partial charge in [-0.15, -0.1) is 0 Å². The van der Waals surface area contributed by atoms with Gasteiger partial charge in [-0.3, -0.25) is 0 Å². The summed E-state index contributed by atoms with van der Waals surface area (Å²) in [5, 5.41) is 0. The van der Waals surface area contributed by atoms with Gasteiger partial charge in [0.1, 0.15) is 0 Å². The van der Waals surface area contributed by atoms with Gasteiger partial charge >= 0.3 is 0 Å². The largest absolute Gasteiger partial charge is 0.498 e. The Kier molecular flexibility index (Phi) is 7.30. The highest BCUT2D eigenvalue weighted by Crippen LogP contribution is 2.43. The van der Waals surface area contributed by atoms with Gasteiger partial charge in [0.25, 0.3) is 0 Å². The van der Waals surface area contributed by atoms with Crippen LogP contribution in [0.15, 0.2) is 36.1 Å². The lowest BCUT2D eigenvalue weighted by molar-refractivity contribution is 0.104. The van der Waals surface area contributed by atoms with Crippen LogP contribution in [-0.4, -0.2) is 13.2 Å². The molecule has 6 heteroatoms. The van der Waals surface area contributed by atoms with Crippen molar-refractivity contribution in [1.82, 2.24) is 0 Å². The fourth-order valence-corrected chi connectivity index (χ4v) is 5.23. The van der Waals surface area contributed by atoms with Crippen LogP contribution < -0.4 is 4.74 Å². The summed E-state index contributed by atoms with van der Waals surface area (Å²) in [5.41, 5.74) is 1.02. The molecule has 2 aromatic rings. The van der Waals surface area contributed by atoms with Crippen molar-refractivity contribution < 1.29 is 27.0 Å². The van der Waals surface area contributed by atoms with E-state index in [-0.39, 0.29) is 22.8 Å². The molecule has 1 saturated carbocycles. The smallest absolute Gasteiger partial charge is 0.201 e. The van der Waals surface area contributed by atoms with E-state index < -0.39 is 23.3 Å². The lowest BCUT2D eigenvalue weighted by Crippen LogP contribution is -2.21. The molecular weight excluding hydrogens is 432 g/mol. The molecule has 0 amide bonds. The van der Waals surface area contributed by atoms with Gasteiger partial charge in [-0.2, -0.15) is 4.39 Å². The number of hydrogen-bond donors (Lipinski definition) is 0. The minimum Gasteiger partial charge on any atom is -0.498 e. The van der Waals surface area contributed by atoms with Gasteiger partial charge in [-0.1, -0.05) is 25.5 Å². The summed E-state index contributed by atoms with van der Waals surface area (Å²) < 4.78 is 69.1. The Bertz CT molecular complexity index is 1030. The molecule has 0 radical (unpaired) electrons. The van der Waals surface area contributed by atoms with Crippen molar-refractivity contribution in [3.63, 3.8) is 0 Å². The highest BCUT2D eigenvalue weighted by Gasteiger charge is 2.30. The van der Waals surface area contributed by atoms with Gasteiger partial charge in [0.2, 0.25) is 5.82 Å². The van der Waals surface area contributed by atoms with Crippen LogP contribution in [0.25, 0.3) is 11.1 Å². The maximum absolute atomic E-state index is 15.0. The zero-order chi connectivity index (χ0) is 23.5. The van der Waals surface area contributed by atoms with Crippen LogP contribution in [-0.2, 0) is 4.74 Å². The van der Waals surface area contributed by atoms with Crippen LogP contribution in [0.3, 0.4) is 0 Å². The van der Waals surface area contributed by atoms with Gasteiger partial charge in [0.15, 0.2) is 23.2 Å². The fraction of sp³-hybridized carbons (Fsp3) is 0.481. The first-order valence-corrected chi connectivity index (χ1v) is 11.8. The Labute approximate surface area is 192 Å². The summed E-state index contributed by atoms with van der Waals surface area (Å²) in [6, 6.07) is 5.26. The fourth-order valence-electron chi connectivity index (χ4n) is 5.23. The molecule has 2 aliphatic rings. The second-order valence-electron chi connectivity index (χ2n) is 9.10. The van der Waals surface area contributed by atoms with Crippen LogP contribution >= 0.6 is 0 Å². The maximum Gasteiger partial charge on any atom is 0.201 e. The van der Waals surface area contributed by atoms with Crippen molar-refractivity contribution >= 4 is 0 Å². The van der Waals surface area contributed by atoms with E-state index in [0.717, 1.165) is 51.4 Å². The molecule has 0 spiro atoms. The SMILES string of the molecule is CCCC1CCC(C2CCC(c3ccc(-c4ccc(OC)c(F)c4F)c(F)c3F)CC2)=CO1. The molecule has 0 saturated heterocycles. The van der Waals surface area contributed by atoms with E-state index in [1.54, 1.807) is 0 Å². The number of hydrogen-bond acceptors (Lipinski definition) is 2. The van der Waals surface area contributed by atoms with Gasteiger partial charge < -0.3 is 9.47 Å². The first kappa shape index (κ1) is 23.7. The van der Waals surface area contributed by atoms with Crippen molar-refractivity contribution in [2.24, 2.45) is 5.92 Å². The Hall–Kier alpha value is -2.50. The molecule has 178 valence electrons. The predicted octanol–water partition coefficient (Wildman–Crippen LogP) is 8.06. The Morgan fingerprint density at radius 1 is 0.818 bits per heavy atom. The lowest BCUT2D eigenvalue weighted by atomic mass is 9.74. The minimum atomic E-state index is -1.26. The summed E-state index contributed by atoms with van der Waals surface area (Å²) in [6.07, 6.45) is 9.83. The third kappa shape index (κ3) is 4.75. The first-order valence-electron chi connectivity index (χ1n) is 11.8. The van der Waals surface area contributed by atoms with Crippen LogP contribution in [0.5, 0.6) is 5.75 Å². The molecule has 33 heavy (non-hydrogen) atoms. The molecule has 1 heterocycles. The van der Waals surface area contributed by atoms with E-state index in [4.69, 9.17) is 9.47 Å². The van der Waals surface area contributed by atoms with Gasteiger partial charge in [-0.05, 0) is 80.1 Å². The zero-order valence-corrected chi connectivity index (χ0v) is 19.1. The summed E-state index contributed by atoms with van der Waals surface area (Å²) >= 11 is 0. The standard InChI is InChI=1S/C27H30F4O2/c1-3-4-19-10-9-18(15-33-19)16-5-7-17(8-6-16)20-11-12-21(25(29)24(20)28)22-13-14-23(32-2)27(31)26(22)30/h11-17,19H,3-10H2,1-2H3. The summed E-state index contributed by atoms with van der Waals surface area (Å²) in [4.78, 5) is 0. The van der Waals surface area contributed by atoms with Gasteiger partial charge in [-0.25, -0.2) is 13.2 Å². The van der Waals surface area contributed by atoms with Crippen LogP contribution in [0.2, 0.25) is 0 Å². The van der Waals surface area contributed by atoms with Crippen LogP contribution in [0.1, 0.15) is 69.8 Å². The van der Waals surface area contributed by atoms with Crippen molar-refractivity contribution in [2.45, 2.75) is 70.3 Å². The van der Waals surface area contributed by atoms with E-state index in [1.165, 1.54) is 36.9 Å². The number of allylic oxidation sites excluding steroid dienone is 1. The van der Waals surface area contributed by atoms with Gasteiger partial charge in [0, 0.05) is 11.1 Å².